The van der Waals surface area contributed by atoms with E-state index in [2.05, 4.69) is 10.3 Å². The Bertz CT molecular complexity index is 980. The van der Waals surface area contributed by atoms with Gasteiger partial charge in [-0.3, -0.25) is 4.99 Å². The van der Waals surface area contributed by atoms with Crippen molar-refractivity contribution in [1.82, 2.24) is 0 Å². The molecule has 0 aliphatic heterocycles. The lowest BCUT2D eigenvalue weighted by Crippen LogP contribution is -1.95. The number of nitrogens with zero attached hydrogens (tertiary/aromatic N) is 1. The van der Waals surface area contributed by atoms with Crippen LogP contribution in [0.4, 0.5) is 10.1 Å². The summed E-state index contributed by atoms with van der Waals surface area (Å²) in [5.74, 6) is -0.223. The van der Waals surface area contributed by atoms with Crippen molar-refractivity contribution in [3.05, 3.63) is 72.0 Å². The van der Waals surface area contributed by atoms with Crippen molar-refractivity contribution in [1.29, 1.82) is 0 Å². The van der Waals surface area contributed by atoms with Crippen molar-refractivity contribution in [3.8, 4) is 28.0 Å². The smallest absolute Gasteiger partial charge is 0.146 e. The number of aliphatic imine (C=N–C) groups is 1. The molecule has 3 aromatic carbocycles. The summed E-state index contributed by atoms with van der Waals surface area (Å²) < 4.78 is 14.1. The average Bonchev–Trinajstić information content (AvgIpc) is 2.67. The van der Waals surface area contributed by atoms with Gasteiger partial charge in [0.15, 0.2) is 0 Å². The van der Waals surface area contributed by atoms with E-state index in [1.54, 1.807) is 32.3 Å². The zero-order valence-corrected chi connectivity index (χ0v) is 15.0. The highest BCUT2D eigenvalue weighted by molar-refractivity contribution is 6.00. The third-order valence-electron chi connectivity index (χ3n) is 4.51. The number of rotatable bonds is 4. The fraction of sp³-hybridized carbons (Fsp3) is 0.136. The molecule has 132 valence electrons. The Morgan fingerprint density at radius 3 is 2.23 bits per heavy atom. The highest BCUT2D eigenvalue weighted by atomic mass is 19.1. The standard InChI is InChI=1S/C22H21FN2O/c1-14(24-2)15-6-4-7-16(12-15)18-8-5-9-19(22(18)26)17-10-11-21(25-3)20(23)13-17/h4-13,25-26H,1-3H3. The molecule has 3 rings (SSSR count). The van der Waals surface area contributed by atoms with Crippen molar-refractivity contribution >= 4 is 11.4 Å². The molecular formula is C22H21FN2O. The minimum Gasteiger partial charge on any atom is -0.507 e. The minimum atomic E-state index is -0.355. The minimum absolute atomic E-state index is 0.132. The lowest BCUT2D eigenvalue weighted by molar-refractivity contribution is 0.479. The van der Waals surface area contributed by atoms with Crippen LogP contribution in [0.25, 0.3) is 22.3 Å². The summed E-state index contributed by atoms with van der Waals surface area (Å²) >= 11 is 0. The van der Waals surface area contributed by atoms with Crippen LogP contribution < -0.4 is 5.32 Å². The third kappa shape index (κ3) is 3.31. The second-order valence-corrected chi connectivity index (χ2v) is 6.04. The summed E-state index contributed by atoms with van der Waals surface area (Å²) in [6.07, 6.45) is 0. The molecule has 0 amide bonds. The fourth-order valence-electron chi connectivity index (χ4n) is 2.94. The Kier molecular flexibility index (Phi) is 5.03. The van der Waals surface area contributed by atoms with Gasteiger partial charge in [-0.2, -0.15) is 0 Å². The van der Waals surface area contributed by atoms with Gasteiger partial charge < -0.3 is 10.4 Å². The lowest BCUT2D eigenvalue weighted by atomic mass is 9.95. The largest absolute Gasteiger partial charge is 0.507 e. The van der Waals surface area contributed by atoms with Gasteiger partial charge in [-0.25, -0.2) is 4.39 Å². The van der Waals surface area contributed by atoms with Gasteiger partial charge in [0, 0.05) is 30.9 Å². The molecule has 0 fully saturated rings. The van der Waals surface area contributed by atoms with E-state index in [0.29, 0.717) is 22.4 Å². The Morgan fingerprint density at radius 2 is 1.62 bits per heavy atom. The van der Waals surface area contributed by atoms with Gasteiger partial charge in [0.1, 0.15) is 11.6 Å². The molecule has 0 spiro atoms. The van der Waals surface area contributed by atoms with Gasteiger partial charge in [-0.1, -0.05) is 42.5 Å². The molecule has 0 bridgehead atoms. The SMILES string of the molecule is CN=C(C)c1cccc(-c2cccc(-c3ccc(NC)c(F)c3)c2O)c1. The number of nitrogens with one attached hydrogen (secondary N) is 1. The maximum atomic E-state index is 14.1. The van der Waals surface area contributed by atoms with Gasteiger partial charge >= 0.3 is 0 Å². The van der Waals surface area contributed by atoms with Crippen molar-refractivity contribution in [2.24, 2.45) is 4.99 Å². The summed E-state index contributed by atoms with van der Waals surface area (Å²) in [6, 6.07) is 18.2. The van der Waals surface area contributed by atoms with E-state index in [4.69, 9.17) is 0 Å². The van der Waals surface area contributed by atoms with Crippen molar-refractivity contribution in [2.75, 3.05) is 19.4 Å². The first-order valence-electron chi connectivity index (χ1n) is 8.39. The van der Waals surface area contributed by atoms with E-state index in [0.717, 1.165) is 16.8 Å². The quantitative estimate of drug-likeness (QED) is 0.625. The van der Waals surface area contributed by atoms with E-state index >= 15 is 0 Å². The van der Waals surface area contributed by atoms with E-state index < -0.39 is 0 Å². The molecular weight excluding hydrogens is 327 g/mol. The molecule has 0 saturated heterocycles. The summed E-state index contributed by atoms with van der Waals surface area (Å²) in [5.41, 5.74) is 5.15. The van der Waals surface area contributed by atoms with Gasteiger partial charge in [-0.05, 0) is 41.8 Å². The molecule has 0 saturated carbocycles. The molecule has 0 aliphatic rings. The highest BCUT2D eigenvalue weighted by Crippen LogP contribution is 2.38. The number of aromatic hydroxyl groups is 1. The Morgan fingerprint density at radius 1 is 0.962 bits per heavy atom. The number of para-hydroxylation sites is 1. The molecule has 26 heavy (non-hydrogen) atoms. The maximum absolute atomic E-state index is 14.1. The summed E-state index contributed by atoms with van der Waals surface area (Å²) in [6.45, 7) is 1.95. The first-order chi connectivity index (χ1) is 12.5. The fourth-order valence-corrected chi connectivity index (χ4v) is 2.94. The van der Waals surface area contributed by atoms with Crippen LogP contribution in [0.15, 0.2) is 65.7 Å². The summed E-state index contributed by atoms with van der Waals surface area (Å²) in [4.78, 5) is 4.21. The maximum Gasteiger partial charge on any atom is 0.146 e. The number of halogens is 1. The summed E-state index contributed by atoms with van der Waals surface area (Å²) in [5, 5.41) is 13.6. The number of hydrogen-bond donors (Lipinski definition) is 2. The molecule has 2 N–H and O–H groups in total. The zero-order chi connectivity index (χ0) is 18.7. The highest BCUT2D eigenvalue weighted by Gasteiger charge is 2.13. The topological polar surface area (TPSA) is 44.6 Å². The number of hydrogen-bond acceptors (Lipinski definition) is 3. The number of phenolic OH excluding ortho intramolecular Hbond substituents is 1. The van der Waals surface area contributed by atoms with Gasteiger partial charge in [0.05, 0.1) is 5.69 Å². The summed E-state index contributed by atoms with van der Waals surface area (Å²) in [7, 11) is 3.42. The second-order valence-electron chi connectivity index (χ2n) is 6.04. The first kappa shape index (κ1) is 17.7. The van der Waals surface area contributed by atoms with E-state index in [-0.39, 0.29) is 11.6 Å². The van der Waals surface area contributed by atoms with Crippen LogP contribution in [0.2, 0.25) is 0 Å². The second kappa shape index (κ2) is 7.40. The lowest BCUT2D eigenvalue weighted by Gasteiger charge is -2.12. The normalized spacial score (nSPS) is 11.5. The van der Waals surface area contributed by atoms with Gasteiger partial charge in [0.2, 0.25) is 0 Å². The Labute approximate surface area is 152 Å². The molecule has 3 nitrogen and oxygen atoms in total. The number of benzene rings is 3. The number of phenols is 1. The third-order valence-corrected chi connectivity index (χ3v) is 4.51. The van der Waals surface area contributed by atoms with Gasteiger partial charge in [0.25, 0.3) is 0 Å². The van der Waals surface area contributed by atoms with Crippen LogP contribution in [0.5, 0.6) is 5.75 Å². The van der Waals surface area contributed by atoms with Crippen LogP contribution in [-0.4, -0.2) is 24.9 Å². The molecule has 4 heteroatoms. The Balaban J connectivity index is 2.10. The van der Waals surface area contributed by atoms with Crippen LogP contribution in [0.3, 0.4) is 0 Å². The van der Waals surface area contributed by atoms with E-state index in [9.17, 15) is 9.50 Å². The molecule has 0 heterocycles. The predicted molar refractivity (Wildman–Crippen MR) is 107 cm³/mol. The van der Waals surface area contributed by atoms with Crippen molar-refractivity contribution < 1.29 is 9.50 Å². The molecule has 3 aromatic rings. The monoisotopic (exact) mass is 348 g/mol. The predicted octanol–water partition coefficient (Wildman–Crippen LogP) is 5.35. The van der Waals surface area contributed by atoms with Gasteiger partial charge in [-0.15, -0.1) is 0 Å². The van der Waals surface area contributed by atoms with Crippen molar-refractivity contribution in [2.45, 2.75) is 6.92 Å². The molecule has 0 radical (unpaired) electrons. The molecule has 0 unspecified atom stereocenters. The average molecular weight is 348 g/mol. The van der Waals surface area contributed by atoms with Crippen LogP contribution >= 0.6 is 0 Å². The van der Waals surface area contributed by atoms with E-state index in [1.807, 2.05) is 43.3 Å². The first-order valence-corrected chi connectivity index (χ1v) is 8.39. The van der Waals surface area contributed by atoms with Crippen LogP contribution in [0.1, 0.15) is 12.5 Å². The van der Waals surface area contributed by atoms with Crippen molar-refractivity contribution in [3.63, 3.8) is 0 Å². The van der Waals surface area contributed by atoms with Crippen LogP contribution in [0, 0.1) is 5.82 Å². The number of anilines is 1. The Hall–Kier alpha value is -3.14. The molecule has 0 atom stereocenters. The molecule has 0 aromatic heterocycles. The zero-order valence-electron chi connectivity index (χ0n) is 15.0. The van der Waals surface area contributed by atoms with E-state index in [1.165, 1.54) is 6.07 Å². The van der Waals surface area contributed by atoms with Crippen LogP contribution in [-0.2, 0) is 0 Å². The molecule has 0 aliphatic carbocycles.